The number of hydrogen-bond acceptors (Lipinski definition) is 4. The van der Waals surface area contributed by atoms with Crippen molar-refractivity contribution in [3.8, 4) is 11.6 Å². The Bertz CT molecular complexity index is 422. The summed E-state index contributed by atoms with van der Waals surface area (Å²) in [5.74, 6) is 0.810. The third-order valence-electron chi connectivity index (χ3n) is 2.33. The molecule has 1 rings (SSSR count). The Morgan fingerprint density at radius 2 is 1.85 bits per heavy atom. The van der Waals surface area contributed by atoms with Crippen LogP contribution in [0.2, 0.25) is 0 Å². The van der Waals surface area contributed by atoms with Crippen LogP contribution in [0.1, 0.15) is 32.4 Å². The molecule has 1 heterocycles. The van der Waals surface area contributed by atoms with Crippen LogP contribution in [0.15, 0.2) is 12.1 Å². The molecule has 7 heteroatoms. The minimum absolute atomic E-state index is 0.219. The molecule has 0 aromatic carbocycles. The number of aromatic nitrogens is 1. The average molecular weight is 293 g/mol. The number of nitrogens with zero attached hydrogens (tertiary/aromatic N) is 1. The first-order valence-electron chi connectivity index (χ1n) is 6.30. The lowest BCUT2D eigenvalue weighted by atomic mass is 10.1. The molecule has 0 unspecified atom stereocenters. The van der Waals surface area contributed by atoms with Gasteiger partial charge in [0.15, 0.2) is 5.75 Å². The fourth-order valence-electron chi connectivity index (χ4n) is 1.42. The predicted octanol–water partition coefficient (Wildman–Crippen LogP) is 3.52. The normalized spacial score (nSPS) is 11.8. The third kappa shape index (κ3) is 5.64. The lowest BCUT2D eigenvalue weighted by molar-refractivity contribution is -0.325. The summed E-state index contributed by atoms with van der Waals surface area (Å²) >= 11 is 0. The van der Waals surface area contributed by atoms with Gasteiger partial charge in [-0.15, -0.1) is 13.2 Å². The molecule has 0 radical (unpaired) electrons. The highest BCUT2D eigenvalue weighted by atomic mass is 19.4. The van der Waals surface area contributed by atoms with E-state index in [0.29, 0.717) is 12.4 Å². The van der Waals surface area contributed by atoms with Gasteiger partial charge in [0.25, 0.3) is 5.88 Å². The van der Waals surface area contributed by atoms with E-state index in [1.807, 2.05) is 13.8 Å². The molecule has 114 valence electrons. The van der Waals surface area contributed by atoms with Crippen LogP contribution < -0.4 is 9.47 Å². The summed E-state index contributed by atoms with van der Waals surface area (Å²) in [6.07, 6.45) is -4.65. The van der Waals surface area contributed by atoms with Gasteiger partial charge < -0.3 is 9.47 Å². The molecular weight excluding hydrogens is 275 g/mol. The van der Waals surface area contributed by atoms with E-state index in [2.05, 4.69) is 9.72 Å². The van der Waals surface area contributed by atoms with Crippen molar-refractivity contribution in [2.75, 3.05) is 19.8 Å². The Labute approximate surface area is 115 Å². The Hall–Kier alpha value is -1.50. The van der Waals surface area contributed by atoms with Crippen molar-refractivity contribution in [1.82, 2.24) is 4.98 Å². The number of alkyl halides is 3. The summed E-state index contributed by atoms with van der Waals surface area (Å²) in [6.45, 7) is 5.33. The molecule has 1 aromatic heterocycles. The van der Waals surface area contributed by atoms with Crippen LogP contribution in [0.4, 0.5) is 13.2 Å². The number of hydrogen-bond donors (Lipinski definition) is 0. The first-order valence-corrected chi connectivity index (χ1v) is 6.30. The zero-order valence-corrected chi connectivity index (χ0v) is 11.7. The SMILES string of the molecule is CCOc1nc(C(C)C)ccc1OCCOC(F)(F)F. The van der Waals surface area contributed by atoms with Crippen LogP contribution >= 0.6 is 0 Å². The summed E-state index contributed by atoms with van der Waals surface area (Å²) in [4.78, 5) is 4.28. The highest BCUT2D eigenvalue weighted by Gasteiger charge is 2.28. The molecule has 0 amide bonds. The lowest BCUT2D eigenvalue weighted by Crippen LogP contribution is -2.18. The second-order valence-corrected chi connectivity index (χ2v) is 4.27. The van der Waals surface area contributed by atoms with Crippen molar-refractivity contribution in [1.29, 1.82) is 0 Å². The van der Waals surface area contributed by atoms with Gasteiger partial charge in [-0.3, -0.25) is 4.74 Å². The van der Waals surface area contributed by atoms with Crippen LogP contribution in [0.5, 0.6) is 11.6 Å². The number of rotatable bonds is 7. The van der Waals surface area contributed by atoms with Crippen molar-refractivity contribution in [3.63, 3.8) is 0 Å². The summed E-state index contributed by atoms with van der Waals surface area (Å²) in [6, 6.07) is 3.40. The van der Waals surface area contributed by atoms with Crippen molar-refractivity contribution in [2.45, 2.75) is 33.1 Å². The van der Waals surface area contributed by atoms with Crippen LogP contribution in [0.25, 0.3) is 0 Å². The minimum Gasteiger partial charge on any atom is -0.486 e. The van der Waals surface area contributed by atoms with Crippen LogP contribution in [0.3, 0.4) is 0 Å². The molecule has 0 N–H and O–H groups in total. The van der Waals surface area contributed by atoms with Gasteiger partial charge in [0, 0.05) is 5.69 Å². The molecular formula is C13H18F3NO3. The van der Waals surface area contributed by atoms with E-state index < -0.39 is 13.0 Å². The second-order valence-electron chi connectivity index (χ2n) is 4.27. The molecule has 0 aliphatic heterocycles. The fraction of sp³-hybridized carbons (Fsp3) is 0.615. The van der Waals surface area contributed by atoms with Gasteiger partial charge in [-0.05, 0) is 25.0 Å². The molecule has 0 atom stereocenters. The van der Waals surface area contributed by atoms with Crippen molar-refractivity contribution < 1.29 is 27.4 Å². The van der Waals surface area contributed by atoms with Gasteiger partial charge in [0.2, 0.25) is 0 Å². The fourth-order valence-corrected chi connectivity index (χ4v) is 1.42. The predicted molar refractivity (Wildman–Crippen MR) is 67.0 cm³/mol. The monoisotopic (exact) mass is 293 g/mol. The van der Waals surface area contributed by atoms with E-state index in [-0.39, 0.29) is 18.4 Å². The maximum absolute atomic E-state index is 11.8. The molecule has 0 aliphatic rings. The zero-order chi connectivity index (χ0) is 15.2. The van der Waals surface area contributed by atoms with E-state index in [9.17, 15) is 13.2 Å². The van der Waals surface area contributed by atoms with Gasteiger partial charge in [-0.1, -0.05) is 13.8 Å². The van der Waals surface area contributed by atoms with E-state index in [1.54, 1.807) is 19.1 Å². The minimum atomic E-state index is -4.65. The molecule has 0 saturated carbocycles. The van der Waals surface area contributed by atoms with Crippen molar-refractivity contribution in [3.05, 3.63) is 17.8 Å². The maximum atomic E-state index is 11.8. The van der Waals surface area contributed by atoms with Gasteiger partial charge in [-0.25, -0.2) is 4.98 Å². The topological polar surface area (TPSA) is 40.6 Å². The number of ether oxygens (including phenoxy) is 3. The molecule has 0 aliphatic carbocycles. The molecule has 0 bridgehead atoms. The quantitative estimate of drug-likeness (QED) is 0.721. The van der Waals surface area contributed by atoms with Gasteiger partial charge in [0.1, 0.15) is 6.61 Å². The Morgan fingerprint density at radius 1 is 1.15 bits per heavy atom. The smallest absolute Gasteiger partial charge is 0.486 e. The van der Waals surface area contributed by atoms with Crippen molar-refractivity contribution >= 4 is 0 Å². The molecule has 20 heavy (non-hydrogen) atoms. The lowest BCUT2D eigenvalue weighted by Gasteiger charge is -2.14. The molecule has 4 nitrogen and oxygen atoms in total. The Kier molecular flexibility index (Phi) is 6.06. The Morgan fingerprint density at radius 3 is 2.40 bits per heavy atom. The van der Waals surface area contributed by atoms with Gasteiger partial charge >= 0.3 is 6.36 Å². The van der Waals surface area contributed by atoms with Gasteiger partial charge in [-0.2, -0.15) is 0 Å². The summed E-state index contributed by atoms with van der Waals surface area (Å²) < 4.78 is 49.6. The highest BCUT2D eigenvalue weighted by molar-refractivity contribution is 5.35. The van der Waals surface area contributed by atoms with Gasteiger partial charge in [0.05, 0.1) is 13.2 Å². The van der Waals surface area contributed by atoms with Crippen LogP contribution in [-0.2, 0) is 4.74 Å². The summed E-state index contributed by atoms with van der Waals surface area (Å²) in [5, 5.41) is 0. The zero-order valence-electron chi connectivity index (χ0n) is 11.7. The first kappa shape index (κ1) is 16.6. The van der Waals surface area contributed by atoms with E-state index in [4.69, 9.17) is 9.47 Å². The molecule has 0 fully saturated rings. The van der Waals surface area contributed by atoms with Crippen molar-refractivity contribution in [2.24, 2.45) is 0 Å². The summed E-state index contributed by atoms with van der Waals surface area (Å²) in [5.41, 5.74) is 0.826. The summed E-state index contributed by atoms with van der Waals surface area (Å²) in [7, 11) is 0. The van der Waals surface area contributed by atoms with Crippen LogP contribution in [0, 0.1) is 0 Å². The third-order valence-corrected chi connectivity index (χ3v) is 2.33. The molecule has 1 aromatic rings. The second kappa shape index (κ2) is 7.33. The molecule has 0 spiro atoms. The largest absolute Gasteiger partial charge is 0.522 e. The number of halogens is 3. The van der Waals surface area contributed by atoms with Crippen LogP contribution in [-0.4, -0.2) is 31.2 Å². The molecule has 0 saturated heterocycles. The van der Waals surface area contributed by atoms with E-state index in [0.717, 1.165) is 5.69 Å². The Balaban J connectivity index is 2.64. The highest BCUT2D eigenvalue weighted by Crippen LogP contribution is 2.27. The average Bonchev–Trinajstić information content (AvgIpc) is 2.35. The standard InChI is InChI=1S/C13H18F3NO3/c1-4-18-12-11(6-5-10(17-12)9(2)3)19-7-8-20-13(14,15)16/h5-6,9H,4,7-8H2,1-3H3. The first-order chi connectivity index (χ1) is 9.33. The number of pyridine rings is 1. The van der Waals surface area contributed by atoms with E-state index in [1.165, 1.54) is 0 Å². The maximum Gasteiger partial charge on any atom is 0.522 e. The van der Waals surface area contributed by atoms with E-state index >= 15 is 0 Å².